The van der Waals surface area contributed by atoms with Gasteiger partial charge in [0.2, 0.25) is 0 Å². The molecule has 0 fully saturated rings. The second-order valence-electron chi connectivity index (χ2n) is 4.24. The number of aromatic carboxylic acids is 1. The van der Waals surface area contributed by atoms with Crippen molar-refractivity contribution in [2.75, 3.05) is 5.32 Å². The van der Waals surface area contributed by atoms with Crippen LogP contribution in [0.4, 0.5) is 5.82 Å². The van der Waals surface area contributed by atoms with Gasteiger partial charge in [0.15, 0.2) is 0 Å². The maximum Gasteiger partial charge on any atom is 0.337 e. The highest BCUT2D eigenvalue weighted by Gasteiger charge is 2.13. The number of carboxylic acid groups (broad SMARTS) is 1. The van der Waals surface area contributed by atoms with Crippen LogP contribution < -0.4 is 5.32 Å². The van der Waals surface area contributed by atoms with E-state index in [1.54, 1.807) is 6.07 Å². The van der Waals surface area contributed by atoms with Crippen molar-refractivity contribution in [2.45, 2.75) is 13.0 Å². The van der Waals surface area contributed by atoms with Crippen molar-refractivity contribution in [3.8, 4) is 0 Å². The molecule has 1 aromatic heterocycles. The number of aromatic nitrogens is 1. The number of pyridine rings is 1. The average molecular weight is 311 g/mol. The highest BCUT2D eigenvalue weighted by molar-refractivity contribution is 6.33. The number of anilines is 1. The Hall–Kier alpha value is -1.78. The van der Waals surface area contributed by atoms with E-state index in [1.165, 1.54) is 12.3 Å². The van der Waals surface area contributed by atoms with Gasteiger partial charge in [-0.15, -0.1) is 0 Å². The molecular weight excluding hydrogens is 299 g/mol. The third-order valence-electron chi connectivity index (χ3n) is 2.82. The molecule has 2 aromatic rings. The summed E-state index contributed by atoms with van der Waals surface area (Å²) in [6.45, 7) is 1.91. The normalized spacial score (nSPS) is 11.9. The molecule has 104 valence electrons. The van der Waals surface area contributed by atoms with Crippen molar-refractivity contribution in [3.63, 3.8) is 0 Å². The van der Waals surface area contributed by atoms with Gasteiger partial charge in [-0.25, -0.2) is 9.78 Å². The summed E-state index contributed by atoms with van der Waals surface area (Å²) >= 11 is 11.9. The summed E-state index contributed by atoms with van der Waals surface area (Å²) in [5, 5.41) is 12.9. The van der Waals surface area contributed by atoms with E-state index in [-0.39, 0.29) is 16.6 Å². The average Bonchev–Trinajstić information content (AvgIpc) is 2.41. The first kappa shape index (κ1) is 14.6. The molecule has 0 radical (unpaired) electrons. The topological polar surface area (TPSA) is 62.2 Å². The number of nitrogens with one attached hydrogen (secondary N) is 1. The Morgan fingerprint density at radius 1 is 1.30 bits per heavy atom. The number of rotatable bonds is 4. The minimum Gasteiger partial charge on any atom is -0.478 e. The molecule has 1 unspecified atom stereocenters. The van der Waals surface area contributed by atoms with E-state index in [1.807, 2.05) is 25.1 Å². The van der Waals surface area contributed by atoms with Crippen molar-refractivity contribution in [1.29, 1.82) is 0 Å². The first-order valence-corrected chi connectivity index (χ1v) is 6.64. The van der Waals surface area contributed by atoms with Crippen LogP contribution in [0.1, 0.15) is 28.9 Å². The number of carbonyl (C=O) groups is 1. The predicted octanol–water partition coefficient (Wildman–Crippen LogP) is 4.26. The van der Waals surface area contributed by atoms with Crippen LogP contribution in [0.5, 0.6) is 0 Å². The third-order valence-corrected chi connectivity index (χ3v) is 3.47. The summed E-state index contributed by atoms with van der Waals surface area (Å²) in [5.41, 5.74) is 0.915. The second kappa shape index (κ2) is 6.11. The SMILES string of the molecule is CC(Nc1cc(C(=O)O)c(Cl)cn1)c1ccccc1Cl. The summed E-state index contributed by atoms with van der Waals surface area (Å²) in [7, 11) is 0. The Bertz CT molecular complexity index is 647. The lowest BCUT2D eigenvalue weighted by Gasteiger charge is -2.16. The first-order valence-electron chi connectivity index (χ1n) is 5.89. The van der Waals surface area contributed by atoms with Crippen LogP contribution in [0, 0.1) is 0 Å². The van der Waals surface area contributed by atoms with Gasteiger partial charge in [-0.05, 0) is 24.6 Å². The molecule has 2 rings (SSSR count). The lowest BCUT2D eigenvalue weighted by atomic mass is 10.1. The van der Waals surface area contributed by atoms with Crippen molar-refractivity contribution in [3.05, 3.63) is 57.7 Å². The lowest BCUT2D eigenvalue weighted by Crippen LogP contribution is -2.09. The highest BCUT2D eigenvalue weighted by atomic mass is 35.5. The lowest BCUT2D eigenvalue weighted by molar-refractivity contribution is 0.0697. The molecule has 2 N–H and O–H groups in total. The Labute approximate surface area is 126 Å². The van der Waals surface area contributed by atoms with E-state index < -0.39 is 5.97 Å². The maximum atomic E-state index is 11.0. The molecule has 0 bridgehead atoms. The fraction of sp³-hybridized carbons (Fsp3) is 0.143. The molecule has 0 saturated heterocycles. The Morgan fingerprint density at radius 3 is 2.65 bits per heavy atom. The van der Waals surface area contributed by atoms with E-state index in [4.69, 9.17) is 28.3 Å². The van der Waals surface area contributed by atoms with E-state index in [0.717, 1.165) is 5.56 Å². The van der Waals surface area contributed by atoms with Crippen LogP contribution in [0.25, 0.3) is 0 Å². The van der Waals surface area contributed by atoms with Crippen LogP contribution in [-0.2, 0) is 0 Å². The van der Waals surface area contributed by atoms with Crippen molar-refractivity contribution >= 4 is 35.0 Å². The zero-order chi connectivity index (χ0) is 14.7. The number of hydrogen-bond acceptors (Lipinski definition) is 3. The molecule has 6 heteroatoms. The fourth-order valence-electron chi connectivity index (χ4n) is 1.81. The van der Waals surface area contributed by atoms with Gasteiger partial charge >= 0.3 is 5.97 Å². The Morgan fingerprint density at radius 2 is 2.00 bits per heavy atom. The summed E-state index contributed by atoms with van der Waals surface area (Å²) in [6, 6.07) is 8.72. The van der Waals surface area contributed by atoms with Crippen molar-refractivity contribution < 1.29 is 9.90 Å². The monoisotopic (exact) mass is 310 g/mol. The van der Waals surface area contributed by atoms with Crippen LogP contribution in [0.15, 0.2) is 36.5 Å². The summed E-state index contributed by atoms with van der Waals surface area (Å²) in [6.07, 6.45) is 1.31. The summed E-state index contributed by atoms with van der Waals surface area (Å²) in [4.78, 5) is 15.1. The van der Waals surface area contributed by atoms with Crippen molar-refractivity contribution in [1.82, 2.24) is 4.98 Å². The molecule has 0 aliphatic rings. The number of hydrogen-bond donors (Lipinski definition) is 2. The van der Waals surface area contributed by atoms with E-state index in [9.17, 15) is 4.79 Å². The molecular formula is C14H12Cl2N2O2. The molecule has 0 spiro atoms. The zero-order valence-corrected chi connectivity index (χ0v) is 12.1. The molecule has 0 aliphatic heterocycles. The van der Waals surface area contributed by atoms with Gasteiger partial charge in [0.05, 0.1) is 16.6 Å². The van der Waals surface area contributed by atoms with Crippen LogP contribution in [-0.4, -0.2) is 16.1 Å². The number of carboxylic acids is 1. The van der Waals surface area contributed by atoms with Crippen LogP contribution in [0.3, 0.4) is 0 Å². The molecule has 0 aliphatic carbocycles. The van der Waals surface area contributed by atoms with E-state index in [2.05, 4.69) is 10.3 Å². The molecule has 1 heterocycles. The van der Waals surface area contributed by atoms with E-state index >= 15 is 0 Å². The highest BCUT2D eigenvalue weighted by Crippen LogP contribution is 2.26. The van der Waals surface area contributed by atoms with Crippen LogP contribution >= 0.6 is 23.2 Å². The Balaban J connectivity index is 2.24. The molecule has 1 aromatic carbocycles. The maximum absolute atomic E-state index is 11.0. The zero-order valence-electron chi connectivity index (χ0n) is 10.6. The molecule has 0 amide bonds. The molecule has 1 atom stereocenters. The van der Waals surface area contributed by atoms with Gasteiger partial charge in [0.25, 0.3) is 0 Å². The van der Waals surface area contributed by atoms with Gasteiger partial charge in [-0.3, -0.25) is 0 Å². The number of nitrogens with zero attached hydrogens (tertiary/aromatic N) is 1. The second-order valence-corrected chi connectivity index (χ2v) is 5.06. The fourth-order valence-corrected chi connectivity index (χ4v) is 2.29. The number of benzene rings is 1. The first-order chi connectivity index (χ1) is 9.49. The van der Waals surface area contributed by atoms with Gasteiger partial charge in [0.1, 0.15) is 5.82 Å². The van der Waals surface area contributed by atoms with Gasteiger partial charge in [-0.2, -0.15) is 0 Å². The standard InChI is InChI=1S/C14H12Cl2N2O2/c1-8(9-4-2-3-5-11(9)15)18-13-6-10(14(19)20)12(16)7-17-13/h2-8H,1H3,(H,17,18)(H,19,20). The van der Waals surface area contributed by atoms with E-state index in [0.29, 0.717) is 10.8 Å². The van der Waals surface area contributed by atoms with Gasteiger partial charge < -0.3 is 10.4 Å². The van der Waals surface area contributed by atoms with Gasteiger partial charge in [-0.1, -0.05) is 41.4 Å². The van der Waals surface area contributed by atoms with Crippen LogP contribution in [0.2, 0.25) is 10.0 Å². The van der Waals surface area contributed by atoms with Crippen molar-refractivity contribution in [2.24, 2.45) is 0 Å². The van der Waals surface area contributed by atoms with Gasteiger partial charge in [0, 0.05) is 11.2 Å². The largest absolute Gasteiger partial charge is 0.478 e. The molecule has 4 nitrogen and oxygen atoms in total. The molecule has 0 saturated carbocycles. The number of halogens is 2. The minimum absolute atomic E-state index is 0.00975. The predicted molar refractivity (Wildman–Crippen MR) is 79.7 cm³/mol. The molecule has 20 heavy (non-hydrogen) atoms. The minimum atomic E-state index is -1.09. The Kier molecular flexibility index (Phi) is 4.47. The summed E-state index contributed by atoms with van der Waals surface area (Å²) in [5.74, 6) is -0.662. The quantitative estimate of drug-likeness (QED) is 0.885. The third kappa shape index (κ3) is 3.21. The summed E-state index contributed by atoms with van der Waals surface area (Å²) < 4.78 is 0. The smallest absolute Gasteiger partial charge is 0.337 e.